The first-order valence-corrected chi connectivity index (χ1v) is 12.4. The zero-order valence-corrected chi connectivity index (χ0v) is 22.2. The first-order chi connectivity index (χ1) is 17.6. The average Bonchev–Trinajstić information content (AvgIpc) is 2.84. The number of nitrogens with one attached hydrogen (secondary N) is 2. The van der Waals surface area contributed by atoms with Crippen molar-refractivity contribution in [2.75, 3.05) is 6.54 Å². The molecule has 0 radical (unpaired) electrons. The van der Waals surface area contributed by atoms with E-state index in [1.165, 1.54) is 12.1 Å². The largest absolute Gasteiger partial charge is 0.481 e. The minimum Gasteiger partial charge on any atom is -0.481 e. The third-order valence-corrected chi connectivity index (χ3v) is 5.96. The Kier molecular flexibility index (Phi) is 11.6. The molecule has 2 aromatic carbocycles. The van der Waals surface area contributed by atoms with Gasteiger partial charge < -0.3 is 20.5 Å². The van der Waals surface area contributed by atoms with Gasteiger partial charge in [0, 0.05) is 25.6 Å². The summed E-state index contributed by atoms with van der Waals surface area (Å²) in [4.78, 5) is 23.9. The summed E-state index contributed by atoms with van der Waals surface area (Å²) in [5.41, 5.74) is 3.78. The number of benzene rings is 2. The number of allylic oxidation sites excluding steroid dienone is 4. The van der Waals surface area contributed by atoms with Crippen molar-refractivity contribution in [3.63, 3.8) is 0 Å². The van der Waals surface area contributed by atoms with Crippen LogP contribution >= 0.6 is 0 Å². The van der Waals surface area contributed by atoms with E-state index in [1.54, 1.807) is 18.2 Å². The van der Waals surface area contributed by atoms with Crippen LogP contribution in [0.2, 0.25) is 0 Å². The first kappa shape index (κ1) is 29.4. The van der Waals surface area contributed by atoms with Crippen LogP contribution < -0.4 is 15.4 Å². The number of amides is 1. The third kappa shape index (κ3) is 9.60. The number of aryl methyl sites for hydroxylation is 2. The molecule has 6 nitrogen and oxygen atoms in total. The predicted octanol–water partition coefficient (Wildman–Crippen LogP) is 6.21. The highest BCUT2D eigenvalue weighted by Gasteiger charge is 2.16. The van der Waals surface area contributed by atoms with E-state index in [0.29, 0.717) is 35.7 Å². The molecule has 0 saturated heterocycles. The van der Waals surface area contributed by atoms with Crippen LogP contribution in [0.4, 0.5) is 4.39 Å². The lowest BCUT2D eigenvalue weighted by Crippen LogP contribution is -2.33. The molecule has 1 unspecified atom stereocenters. The molecule has 0 aliphatic rings. The molecule has 0 aliphatic carbocycles. The van der Waals surface area contributed by atoms with Gasteiger partial charge >= 0.3 is 5.97 Å². The van der Waals surface area contributed by atoms with Crippen molar-refractivity contribution in [2.45, 2.75) is 54.0 Å². The van der Waals surface area contributed by atoms with Gasteiger partial charge in [0.1, 0.15) is 17.3 Å². The van der Waals surface area contributed by atoms with Gasteiger partial charge in [-0.1, -0.05) is 37.3 Å². The van der Waals surface area contributed by atoms with E-state index in [0.717, 1.165) is 16.7 Å². The number of carbonyl (C=O) groups excluding carboxylic acids is 1. The Morgan fingerprint density at radius 3 is 2.49 bits per heavy atom. The van der Waals surface area contributed by atoms with Crippen molar-refractivity contribution in [3.05, 3.63) is 94.5 Å². The lowest BCUT2D eigenvalue weighted by atomic mass is 9.99. The molecule has 1 atom stereocenters. The van der Waals surface area contributed by atoms with E-state index >= 15 is 0 Å². The van der Waals surface area contributed by atoms with Gasteiger partial charge in [-0.3, -0.25) is 9.59 Å². The smallest absolute Gasteiger partial charge is 0.303 e. The quantitative estimate of drug-likeness (QED) is 0.221. The van der Waals surface area contributed by atoms with Crippen molar-refractivity contribution in [1.29, 1.82) is 0 Å². The number of carboxylic acid groups (broad SMARTS) is 1. The maximum atomic E-state index is 14.4. The molecule has 2 rings (SSSR count). The van der Waals surface area contributed by atoms with Crippen LogP contribution in [0.3, 0.4) is 0 Å². The standard InChI is InChI=1S/C30H37FN2O4/c1-6-8-14-32-29(22(5)20(3)9-7-2)30(36)33-19-23-16-25(31)18-27(17-23)37-26-12-10-24(21(4)15-26)11-13-28(34)35/h6-10,12,15-18,20,32H,11,13-14,19H2,1-5H3,(H,33,36)(H,34,35)/b8-6-,9-7+,29-22-. The van der Waals surface area contributed by atoms with Gasteiger partial charge in [-0.2, -0.15) is 0 Å². The maximum Gasteiger partial charge on any atom is 0.303 e. The second-order valence-electron chi connectivity index (χ2n) is 8.88. The van der Waals surface area contributed by atoms with Gasteiger partial charge in [-0.25, -0.2) is 4.39 Å². The SMILES string of the molecule is C/C=C\CN/C(C(=O)NCc1cc(F)cc(Oc2ccc(CCC(=O)O)c(C)c2)c1)=C(/C)C(C)/C=C/C. The molecule has 0 aromatic heterocycles. The van der Waals surface area contributed by atoms with Crippen molar-refractivity contribution >= 4 is 11.9 Å². The molecule has 0 heterocycles. The molecule has 0 spiro atoms. The van der Waals surface area contributed by atoms with Crippen LogP contribution in [-0.2, 0) is 22.6 Å². The molecule has 2 aromatic rings. The number of ether oxygens (including phenoxy) is 1. The number of halogens is 1. The van der Waals surface area contributed by atoms with E-state index < -0.39 is 11.8 Å². The van der Waals surface area contributed by atoms with Crippen LogP contribution in [0.15, 0.2) is 72.0 Å². The molecule has 0 saturated carbocycles. The normalized spacial score (nSPS) is 12.9. The molecule has 1 amide bonds. The second kappa shape index (κ2) is 14.6. The lowest BCUT2D eigenvalue weighted by molar-refractivity contribution is -0.137. The third-order valence-electron chi connectivity index (χ3n) is 5.96. The lowest BCUT2D eigenvalue weighted by Gasteiger charge is -2.17. The Hall–Kier alpha value is -3.87. The Balaban J connectivity index is 2.15. The number of hydrogen-bond donors (Lipinski definition) is 3. The van der Waals surface area contributed by atoms with Gasteiger partial charge in [-0.15, -0.1) is 0 Å². The Morgan fingerprint density at radius 1 is 1.08 bits per heavy atom. The molecule has 37 heavy (non-hydrogen) atoms. The Bertz CT molecular complexity index is 1180. The summed E-state index contributed by atoms with van der Waals surface area (Å²) in [7, 11) is 0. The number of hydrogen-bond acceptors (Lipinski definition) is 4. The Morgan fingerprint density at radius 2 is 1.84 bits per heavy atom. The highest BCUT2D eigenvalue weighted by atomic mass is 19.1. The molecule has 7 heteroatoms. The van der Waals surface area contributed by atoms with E-state index in [2.05, 4.69) is 10.6 Å². The van der Waals surface area contributed by atoms with Gasteiger partial charge in [0.25, 0.3) is 5.91 Å². The number of carbonyl (C=O) groups is 2. The van der Waals surface area contributed by atoms with Gasteiger partial charge in [-0.05, 0) is 86.6 Å². The first-order valence-electron chi connectivity index (χ1n) is 12.4. The molecule has 198 valence electrons. The minimum absolute atomic E-state index is 0.0511. The summed E-state index contributed by atoms with van der Waals surface area (Å²) in [6.07, 6.45) is 8.30. The fourth-order valence-electron chi connectivity index (χ4n) is 3.78. The van der Waals surface area contributed by atoms with Crippen LogP contribution in [0, 0.1) is 18.7 Å². The summed E-state index contributed by atoms with van der Waals surface area (Å²) in [5.74, 6) is -0.685. The molecule has 0 aliphatic heterocycles. The Labute approximate surface area is 218 Å². The molecule has 0 fully saturated rings. The van der Waals surface area contributed by atoms with Crippen molar-refractivity contribution in [1.82, 2.24) is 10.6 Å². The summed E-state index contributed by atoms with van der Waals surface area (Å²) in [6, 6.07) is 9.68. The van der Waals surface area contributed by atoms with Crippen LogP contribution in [0.25, 0.3) is 0 Å². The monoisotopic (exact) mass is 508 g/mol. The number of rotatable bonds is 13. The van der Waals surface area contributed by atoms with Gasteiger partial charge in [0.15, 0.2) is 0 Å². The molecular formula is C30H37FN2O4. The summed E-state index contributed by atoms with van der Waals surface area (Å²) in [5, 5.41) is 15.0. The summed E-state index contributed by atoms with van der Waals surface area (Å²) < 4.78 is 20.2. The highest BCUT2D eigenvalue weighted by molar-refractivity contribution is 5.93. The maximum absolute atomic E-state index is 14.4. The van der Waals surface area contributed by atoms with E-state index in [-0.39, 0.29) is 24.8 Å². The van der Waals surface area contributed by atoms with E-state index in [4.69, 9.17) is 9.84 Å². The van der Waals surface area contributed by atoms with Gasteiger partial charge in [0.2, 0.25) is 0 Å². The van der Waals surface area contributed by atoms with Crippen molar-refractivity contribution in [3.8, 4) is 11.5 Å². The van der Waals surface area contributed by atoms with Crippen LogP contribution in [0.1, 0.15) is 50.8 Å². The van der Waals surface area contributed by atoms with Crippen LogP contribution in [-0.4, -0.2) is 23.5 Å². The molecule has 0 bridgehead atoms. The summed E-state index contributed by atoms with van der Waals surface area (Å²) in [6.45, 7) is 10.3. The number of carboxylic acids is 1. The van der Waals surface area contributed by atoms with Crippen molar-refractivity contribution < 1.29 is 23.8 Å². The fraction of sp³-hybridized carbons (Fsp3) is 0.333. The fourth-order valence-corrected chi connectivity index (χ4v) is 3.78. The molecule has 3 N–H and O–H groups in total. The zero-order valence-electron chi connectivity index (χ0n) is 22.2. The second-order valence-corrected chi connectivity index (χ2v) is 8.88. The zero-order chi connectivity index (χ0) is 27.4. The van der Waals surface area contributed by atoms with E-state index in [9.17, 15) is 14.0 Å². The average molecular weight is 509 g/mol. The molecular weight excluding hydrogens is 471 g/mol. The minimum atomic E-state index is -0.849. The summed E-state index contributed by atoms with van der Waals surface area (Å²) >= 11 is 0. The topological polar surface area (TPSA) is 87.7 Å². The van der Waals surface area contributed by atoms with E-state index in [1.807, 2.05) is 65.0 Å². The van der Waals surface area contributed by atoms with Gasteiger partial charge in [0.05, 0.1) is 5.70 Å². The highest BCUT2D eigenvalue weighted by Crippen LogP contribution is 2.26. The van der Waals surface area contributed by atoms with Crippen LogP contribution in [0.5, 0.6) is 11.5 Å². The predicted molar refractivity (Wildman–Crippen MR) is 145 cm³/mol. The number of aliphatic carboxylic acids is 1. The van der Waals surface area contributed by atoms with Crippen molar-refractivity contribution in [2.24, 2.45) is 5.92 Å².